The summed E-state index contributed by atoms with van der Waals surface area (Å²) >= 11 is 0. The van der Waals surface area contributed by atoms with E-state index in [-0.39, 0.29) is 11.9 Å². The number of aryl methyl sites for hydroxylation is 2. The lowest BCUT2D eigenvalue weighted by atomic mass is 9.89. The van der Waals surface area contributed by atoms with Crippen LogP contribution in [0.3, 0.4) is 0 Å². The number of nitrogens with zero attached hydrogens (tertiary/aromatic N) is 6. The Hall–Kier alpha value is -3.00. The maximum Gasteiger partial charge on any atom is 0.224 e. The quantitative estimate of drug-likeness (QED) is 0.679. The molecule has 1 N–H and O–H groups in total. The van der Waals surface area contributed by atoms with E-state index in [2.05, 4.69) is 61.2 Å². The van der Waals surface area contributed by atoms with Crippen LogP contribution < -0.4 is 0 Å². The first-order valence-corrected chi connectivity index (χ1v) is 10.6. The number of benzene rings is 1. The van der Waals surface area contributed by atoms with Crippen molar-refractivity contribution >= 4 is 5.91 Å². The molecule has 1 aromatic carbocycles. The molecule has 0 bridgehead atoms. The predicted octanol–water partition coefficient (Wildman–Crippen LogP) is 2.03. The molecule has 30 heavy (non-hydrogen) atoms. The molecule has 0 spiro atoms. The summed E-state index contributed by atoms with van der Waals surface area (Å²) in [6, 6.07) is 10.6. The average Bonchev–Trinajstić information content (AvgIpc) is 3.53. The van der Waals surface area contributed by atoms with E-state index in [1.54, 1.807) is 19.0 Å². The number of likely N-dealkylation sites (tertiary alicyclic amines) is 2. The number of amides is 1. The van der Waals surface area contributed by atoms with Crippen molar-refractivity contribution in [2.75, 3.05) is 19.6 Å². The van der Waals surface area contributed by atoms with Crippen molar-refractivity contribution in [2.24, 2.45) is 11.8 Å². The third-order valence-electron chi connectivity index (χ3n) is 6.56. The lowest BCUT2D eigenvalue weighted by molar-refractivity contribution is -0.133. The number of fused-ring (bicyclic) bond motifs is 1. The highest BCUT2D eigenvalue weighted by Gasteiger charge is 2.48. The molecule has 2 aliphatic rings. The first-order chi connectivity index (χ1) is 14.7. The summed E-state index contributed by atoms with van der Waals surface area (Å²) in [5, 5.41) is 7.65. The molecule has 3 atom stereocenters. The van der Waals surface area contributed by atoms with Crippen molar-refractivity contribution in [2.45, 2.75) is 32.5 Å². The van der Waals surface area contributed by atoms with Crippen LogP contribution in [0.4, 0.5) is 0 Å². The van der Waals surface area contributed by atoms with Crippen LogP contribution in [0.25, 0.3) is 0 Å². The number of aromatic nitrogens is 5. The van der Waals surface area contributed by atoms with Crippen molar-refractivity contribution in [3.05, 3.63) is 66.3 Å². The average molecular weight is 406 g/mol. The summed E-state index contributed by atoms with van der Waals surface area (Å²) in [5.41, 5.74) is 3.49. The van der Waals surface area contributed by atoms with Gasteiger partial charge in [0.15, 0.2) is 0 Å². The van der Waals surface area contributed by atoms with Gasteiger partial charge in [0, 0.05) is 50.8 Å². The van der Waals surface area contributed by atoms with Crippen LogP contribution >= 0.6 is 0 Å². The van der Waals surface area contributed by atoms with Gasteiger partial charge in [0.2, 0.25) is 5.91 Å². The van der Waals surface area contributed by atoms with E-state index in [0.29, 0.717) is 24.8 Å². The van der Waals surface area contributed by atoms with Crippen LogP contribution in [-0.2, 0) is 17.9 Å². The Morgan fingerprint density at radius 2 is 1.93 bits per heavy atom. The predicted molar refractivity (Wildman–Crippen MR) is 111 cm³/mol. The van der Waals surface area contributed by atoms with Gasteiger partial charge >= 0.3 is 0 Å². The number of nitrogens with one attached hydrogen (secondary N) is 1. The first-order valence-electron chi connectivity index (χ1n) is 10.6. The standard InChI is InChI=1S/C22H27N7O/c1-16-20(24-13-23-16)12-28-9-18-10-29(21(30)7-8-27-14-25-26-15-27)22(19(18)11-28)17-5-3-2-4-6-17/h2-6,13-15,18-19,22H,7-12H2,1H3,(H,23,24)/t18-,19-,22+/m0/s1. The van der Waals surface area contributed by atoms with Gasteiger partial charge in [-0.25, -0.2) is 4.98 Å². The SMILES string of the molecule is Cc1[nH]cnc1CN1C[C@H]2CN(C(=O)CCn3cnnc3)[C@H](c3ccccc3)[C@H]2C1. The van der Waals surface area contributed by atoms with Gasteiger partial charge in [0.25, 0.3) is 0 Å². The number of H-pyrrole nitrogens is 1. The zero-order valence-electron chi connectivity index (χ0n) is 17.2. The highest BCUT2D eigenvalue weighted by atomic mass is 16.2. The van der Waals surface area contributed by atoms with Crippen LogP contribution in [-0.4, -0.2) is 60.1 Å². The molecule has 8 heteroatoms. The Morgan fingerprint density at radius 3 is 2.67 bits per heavy atom. The Kier molecular flexibility index (Phi) is 5.08. The van der Waals surface area contributed by atoms with Gasteiger partial charge in [-0.05, 0) is 18.4 Å². The molecule has 5 rings (SSSR count). The third kappa shape index (κ3) is 3.63. The fourth-order valence-electron chi connectivity index (χ4n) is 5.06. The number of carbonyl (C=O) groups excluding carboxylic acids is 1. The van der Waals surface area contributed by atoms with Crippen LogP contribution in [0.1, 0.15) is 29.4 Å². The number of aromatic amines is 1. The number of imidazole rings is 1. The summed E-state index contributed by atoms with van der Waals surface area (Å²) in [7, 11) is 0. The Labute approximate surface area is 175 Å². The van der Waals surface area contributed by atoms with Gasteiger partial charge in [-0.2, -0.15) is 0 Å². The molecular formula is C22H27N7O. The molecule has 156 valence electrons. The van der Waals surface area contributed by atoms with E-state index in [4.69, 9.17) is 0 Å². The van der Waals surface area contributed by atoms with Crippen LogP contribution in [0.15, 0.2) is 49.3 Å². The van der Waals surface area contributed by atoms with E-state index in [1.807, 2.05) is 10.6 Å². The molecule has 2 aliphatic heterocycles. The highest BCUT2D eigenvalue weighted by Crippen LogP contribution is 2.45. The van der Waals surface area contributed by atoms with Gasteiger partial charge in [-0.15, -0.1) is 10.2 Å². The Morgan fingerprint density at radius 1 is 1.13 bits per heavy atom. The second-order valence-corrected chi connectivity index (χ2v) is 8.44. The fourth-order valence-corrected chi connectivity index (χ4v) is 5.06. The molecule has 2 fully saturated rings. The van der Waals surface area contributed by atoms with Crippen molar-refractivity contribution < 1.29 is 4.79 Å². The van der Waals surface area contributed by atoms with Gasteiger partial charge in [0.1, 0.15) is 12.7 Å². The topological polar surface area (TPSA) is 82.9 Å². The molecule has 0 aliphatic carbocycles. The molecule has 0 unspecified atom stereocenters. The first kappa shape index (κ1) is 19.0. The van der Waals surface area contributed by atoms with Crippen LogP contribution in [0.5, 0.6) is 0 Å². The van der Waals surface area contributed by atoms with Crippen molar-refractivity contribution in [3.8, 4) is 0 Å². The Bertz CT molecular complexity index is 984. The van der Waals surface area contributed by atoms with E-state index in [1.165, 1.54) is 5.56 Å². The Balaban J connectivity index is 1.32. The number of rotatable bonds is 6. The van der Waals surface area contributed by atoms with Crippen molar-refractivity contribution in [3.63, 3.8) is 0 Å². The van der Waals surface area contributed by atoms with Gasteiger partial charge < -0.3 is 14.5 Å². The summed E-state index contributed by atoms with van der Waals surface area (Å²) in [4.78, 5) is 25.4. The summed E-state index contributed by atoms with van der Waals surface area (Å²) < 4.78 is 1.86. The number of hydrogen-bond donors (Lipinski definition) is 1. The lowest BCUT2D eigenvalue weighted by Gasteiger charge is -2.30. The van der Waals surface area contributed by atoms with Gasteiger partial charge in [-0.3, -0.25) is 9.69 Å². The van der Waals surface area contributed by atoms with Gasteiger partial charge in [-0.1, -0.05) is 30.3 Å². The lowest BCUT2D eigenvalue weighted by Crippen LogP contribution is -2.36. The maximum atomic E-state index is 13.2. The molecule has 8 nitrogen and oxygen atoms in total. The molecule has 2 saturated heterocycles. The van der Waals surface area contributed by atoms with Crippen molar-refractivity contribution in [1.29, 1.82) is 0 Å². The molecule has 2 aromatic heterocycles. The van der Waals surface area contributed by atoms with E-state index < -0.39 is 0 Å². The van der Waals surface area contributed by atoms with Gasteiger partial charge in [0.05, 0.1) is 18.1 Å². The molecule has 4 heterocycles. The smallest absolute Gasteiger partial charge is 0.224 e. The minimum Gasteiger partial charge on any atom is -0.348 e. The van der Waals surface area contributed by atoms with E-state index >= 15 is 0 Å². The second kappa shape index (κ2) is 8.02. The van der Waals surface area contributed by atoms with Crippen molar-refractivity contribution in [1.82, 2.24) is 34.5 Å². The maximum absolute atomic E-state index is 13.2. The van der Waals surface area contributed by atoms with E-state index in [9.17, 15) is 4.79 Å². The highest BCUT2D eigenvalue weighted by molar-refractivity contribution is 5.77. The fraction of sp³-hybridized carbons (Fsp3) is 0.455. The number of carbonyl (C=O) groups is 1. The zero-order chi connectivity index (χ0) is 20.5. The molecular weight excluding hydrogens is 378 g/mol. The minimum absolute atomic E-state index is 0.134. The number of hydrogen-bond acceptors (Lipinski definition) is 5. The molecule has 3 aromatic rings. The van der Waals surface area contributed by atoms with Crippen LogP contribution in [0.2, 0.25) is 0 Å². The largest absolute Gasteiger partial charge is 0.348 e. The molecule has 1 amide bonds. The monoisotopic (exact) mass is 405 g/mol. The third-order valence-corrected chi connectivity index (χ3v) is 6.56. The zero-order valence-corrected chi connectivity index (χ0v) is 17.2. The molecule has 0 radical (unpaired) electrons. The van der Waals surface area contributed by atoms with E-state index in [0.717, 1.165) is 37.6 Å². The minimum atomic E-state index is 0.134. The summed E-state index contributed by atoms with van der Waals surface area (Å²) in [6.45, 7) is 6.37. The van der Waals surface area contributed by atoms with Crippen LogP contribution in [0, 0.1) is 18.8 Å². The normalized spacial score (nSPS) is 23.8. The molecule has 0 saturated carbocycles. The summed E-state index contributed by atoms with van der Waals surface area (Å²) in [5.74, 6) is 1.15. The summed E-state index contributed by atoms with van der Waals surface area (Å²) in [6.07, 6.45) is 5.56. The second-order valence-electron chi connectivity index (χ2n) is 8.44.